The quantitative estimate of drug-likeness (QED) is 0.358. The fraction of sp³-hybridized carbons (Fsp3) is 0.462. The van der Waals surface area contributed by atoms with Gasteiger partial charge < -0.3 is 9.47 Å². The molecule has 0 N–H and O–H groups in total. The average molecular weight is 409 g/mol. The number of hydrogen-bond donors (Lipinski definition) is 0. The fourth-order valence-corrected chi connectivity index (χ4v) is 4.10. The number of carbonyl (C=O) groups excluding carboxylic acids is 2. The molecule has 2 aromatic carbocycles. The first-order chi connectivity index (χ1) is 14.7. The number of ether oxygens (including phenoxy) is 2. The van der Waals surface area contributed by atoms with Gasteiger partial charge in [0.05, 0.1) is 6.61 Å². The van der Waals surface area contributed by atoms with Crippen molar-refractivity contribution in [1.82, 2.24) is 0 Å². The first-order valence-corrected chi connectivity index (χ1v) is 11.1. The van der Waals surface area contributed by atoms with E-state index in [1.54, 1.807) is 0 Å². The number of Topliss-reactive ketones (excluding diaryl/α,β-unsaturated/α-hetero) is 1. The van der Waals surface area contributed by atoms with Crippen LogP contribution >= 0.6 is 0 Å². The molecule has 0 heterocycles. The van der Waals surface area contributed by atoms with Crippen LogP contribution in [0.1, 0.15) is 67.8 Å². The van der Waals surface area contributed by atoms with Gasteiger partial charge in [0.1, 0.15) is 12.4 Å². The summed E-state index contributed by atoms with van der Waals surface area (Å²) in [5.41, 5.74) is 1.87. The molecule has 1 aliphatic carbocycles. The van der Waals surface area contributed by atoms with Gasteiger partial charge in [-0.3, -0.25) is 9.59 Å². The van der Waals surface area contributed by atoms with E-state index in [9.17, 15) is 9.59 Å². The van der Waals surface area contributed by atoms with Gasteiger partial charge in [-0.25, -0.2) is 0 Å². The van der Waals surface area contributed by atoms with Crippen LogP contribution in [0.25, 0.3) is 0 Å². The normalized spacial score (nSPS) is 18.6. The highest BCUT2D eigenvalue weighted by molar-refractivity contribution is 5.98. The summed E-state index contributed by atoms with van der Waals surface area (Å²) in [6.45, 7) is 2.96. The van der Waals surface area contributed by atoms with Crippen molar-refractivity contribution in [2.24, 2.45) is 11.8 Å². The molecule has 0 radical (unpaired) electrons. The van der Waals surface area contributed by atoms with Crippen LogP contribution in [-0.4, -0.2) is 18.4 Å². The Morgan fingerprint density at radius 3 is 2.50 bits per heavy atom. The molecular weight excluding hydrogens is 376 g/mol. The summed E-state index contributed by atoms with van der Waals surface area (Å²) in [6, 6.07) is 17.5. The maximum atomic E-state index is 13.0. The average Bonchev–Trinajstić information content (AvgIpc) is 2.79. The Balaban J connectivity index is 1.47. The maximum Gasteiger partial charge on any atom is 0.305 e. The highest BCUT2D eigenvalue weighted by Gasteiger charge is 2.28. The number of ketones is 1. The summed E-state index contributed by atoms with van der Waals surface area (Å²) >= 11 is 0. The van der Waals surface area contributed by atoms with Crippen molar-refractivity contribution in [3.05, 3.63) is 65.7 Å². The van der Waals surface area contributed by atoms with Crippen molar-refractivity contribution in [2.75, 3.05) is 6.61 Å². The van der Waals surface area contributed by atoms with Gasteiger partial charge in [-0.1, -0.05) is 50.1 Å². The molecule has 4 heteroatoms. The second-order valence-electron chi connectivity index (χ2n) is 8.15. The molecule has 0 spiro atoms. The van der Waals surface area contributed by atoms with E-state index in [0.717, 1.165) is 55.4 Å². The second kappa shape index (κ2) is 11.5. The Kier molecular flexibility index (Phi) is 8.49. The van der Waals surface area contributed by atoms with E-state index >= 15 is 0 Å². The van der Waals surface area contributed by atoms with Gasteiger partial charge in [0.25, 0.3) is 0 Å². The second-order valence-corrected chi connectivity index (χ2v) is 8.15. The van der Waals surface area contributed by atoms with E-state index in [0.29, 0.717) is 25.6 Å². The predicted molar refractivity (Wildman–Crippen MR) is 117 cm³/mol. The maximum absolute atomic E-state index is 13.0. The number of carbonyl (C=O) groups is 2. The summed E-state index contributed by atoms with van der Waals surface area (Å²) in [6.07, 6.45) is 6.15. The van der Waals surface area contributed by atoms with Crippen LogP contribution in [0.5, 0.6) is 5.75 Å². The fourth-order valence-electron chi connectivity index (χ4n) is 4.10. The molecule has 3 rings (SSSR count). The van der Waals surface area contributed by atoms with E-state index in [-0.39, 0.29) is 17.7 Å². The molecule has 0 saturated heterocycles. The minimum Gasteiger partial charge on any atom is -0.489 e. The lowest BCUT2D eigenvalue weighted by molar-refractivity contribution is -0.144. The molecule has 2 aromatic rings. The van der Waals surface area contributed by atoms with E-state index in [1.807, 2.05) is 61.5 Å². The minimum absolute atomic E-state index is 0.0613. The molecule has 1 saturated carbocycles. The van der Waals surface area contributed by atoms with E-state index < -0.39 is 0 Å². The first-order valence-electron chi connectivity index (χ1n) is 11.1. The predicted octanol–water partition coefficient (Wildman–Crippen LogP) is 5.99. The molecule has 160 valence electrons. The molecule has 0 aromatic heterocycles. The number of benzene rings is 2. The van der Waals surface area contributed by atoms with Crippen molar-refractivity contribution in [1.29, 1.82) is 0 Å². The molecule has 0 aliphatic heterocycles. The van der Waals surface area contributed by atoms with Crippen molar-refractivity contribution < 1.29 is 19.1 Å². The van der Waals surface area contributed by atoms with Crippen molar-refractivity contribution in [2.45, 2.75) is 58.5 Å². The number of hydrogen-bond acceptors (Lipinski definition) is 4. The van der Waals surface area contributed by atoms with Gasteiger partial charge in [0, 0.05) is 17.9 Å². The van der Waals surface area contributed by atoms with Crippen LogP contribution in [0.3, 0.4) is 0 Å². The Bertz CT molecular complexity index is 798. The van der Waals surface area contributed by atoms with Gasteiger partial charge >= 0.3 is 5.97 Å². The third-order valence-corrected chi connectivity index (χ3v) is 5.78. The monoisotopic (exact) mass is 408 g/mol. The van der Waals surface area contributed by atoms with Crippen molar-refractivity contribution in [3.8, 4) is 5.75 Å². The lowest BCUT2D eigenvalue weighted by Crippen LogP contribution is -2.24. The zero-order valence-electron chi connectivity index (χ0n) is 17.8. The van der Waals surface area contributed by atoms with Crippen LogP contribution in [0.2, 0.25) is 0 Å². The standard InChI is InChI=1S/C26H32O4/c1-2-7-25(27)29-17-16-20-10-6-11-23(18-20)26(28)22-12-14-24(15-13-22)30-19-21-8-4-3-5-9-21/h3-5,8-9,12-15,20,23H,2,6-7,10-11,16-19H2,1H3. The Morgan fingerprint density at radius 2 is 1.77 bits per heavy atom. The summed E-state index contributed by atoms with van der Waals surface area (Å²) in [4.78, 5) is 24.5. The molecule has 1 fully saturated rings. The molecule has 0 amide bonds. The largest absolute Gasteiger partial charge is 0.489 e. The Hall–Kier alpha value is -2.62. The number of esters is 1. The van der Waals surface area contributed by atoms with Gasteiger partial charge in [0.15, 0.2) is 5.78 Å². The summed E-state index contributed by atoms with van der Waals surface area (Å²) in [5, 5.41) is 0. The zero-order valence-corrected chi connectivity index (χ0v) is 17.8. The Morgan fingerprint density at radius 1 is 1.00 bits per heavy atom. The molecule has 4 nitrogen and oxygen atoms in total. The minimum atomic E-state index is -0.115. The van der Waals surface area contributed by atoms with Crippen LogP contribution in [-0.2, 0) is 16.1 Å². The van der Waals surface area contributed by atoms with Gasteiger partial charge in [0.2, 0.25) is 0 Å². The van der Waals surface area contributed by atoms with Gasteiger partial charge in [-0.15, -0.1) is 0 Å². The molecule has 2 atom stereocenters. The van der Waals surface area contributed by atoms with Crippen LogP contribution in [0.4, 0.5) is 0 Å². The van der Waals surface area contributed by atoms with E-state index in [2.05, 4.69) is 0 Å². The lowest BCUT2D eigenvalue weighted by Gasteiger charge is -2.28. The SMILES string of the molecule is CCCC(=O)OCCC1CCCC(C(=O)c2ccc(OCc3ccccc3)cc2)C1. The van der Waals surface area contributed by atoms with Gasteiger partial charge in [-0.05, 0) is 61.4 Å². The number of rotatable bonds is 10. The van der Waals surface area contributed by atoms with Crippen molar-refractivity contribution in [3.63, 3.8) is 0 Å². The highest BCUT2D eigenvalue weighted by Crippen LogP contribution is 2.33. The molecule has 0 bridgehead atoms. The van der Waals surface area contributed by atoms with Crippen LogP contribution < -0.4 is 4.74 Å². The third-order valence-electron chi connectivity index (χ3n) is 5.78. The van der Waals surface area contributed by atoms with Crippen LogP contribution in [0, 0.1) is 11.8 Å². The summed E-state index contributed by atoms with van der Waals surface area (Å²) in [7, 11) is 0. The van der Waals surface area contributed by atoms with E-state index in [4.69, 9.17) is 9.47 Å². The van der Waals surface area contributed by atoms with E-state index in [1.165, 1.54) is 0 Å². The highest BCUT2D eigenvalue weighted by atomic mass is 16.5. The lowest BCUT2D eigenvalue weighted by atomic mass is 9.77. The Labute approximate surface area is 179 Å². The molecular formula is C26H32O4. The molecule has 2 unspecified atom stereocenters. The van der Waals surface area contributed by atoms with Gasteiger partial charge in [-0.2, -0.15) is 0 Å². The van der Waals surface area contributed by atoms with Crippen LogP contribution in [0.15, 0.2) is 54.6 Å². The smallest absolute Gasteiger partial charge is 0.305 e. The van der Waals surface area contributed by atoms with Crippen molar-refractivity contribution >= 4 is 11.8 Å². The summed E-state index contributed by atoms with van der Waals surface area (Å²) < 4.78 is 11.1. The molecule has 1 aliphatic rings. The zero-order chi connectivity index (χ0) is 21.2. The molecule has 30 heavy (non-hydrogen) atoms. The first kappa shape index (κ1) is 22.1. The third kappa shape index (κ3) is 6.72. The summed E-state index contributed by atoms with van der Waals surface area (Å²) in [5.74, 6) is 1.39. The topological polar surface area (TPSA) is 52.6 Å².